The molecule has 2 saturated carbocycles. The van der Waals surface area contributed by atoms with Gasteiger partial charge in [0.05, 0.1) is 11.3 Å². The van der Waals surface area contributed by atoms with Crippen LogP contribution in [0.5, 0.6) is 0 Å². The Morgan fingerprint density at radius 2 is 2.00 bits per heavy atom. The highest BCUT2D eigenvalue weighted by Crippen LogP contribution is 2.49. The van der Waals surface area contributed by atoms with E-state index in [1.807, 2.05) is 6.07 Å². The van der Waals surface area contributed by atoms with E-state index in [9.17, 15) is 14.7 Å². The summed E-state index contributed by atoms with van der Waals surface area (Å²) in [5.74, 6) is -0.715. The summed E-state index contributed by atoms with van der Waals surface area (Å²) in [6.45, 7) is 1.84. The third kappa shape index (κ3) is 2.69. The molecular weight excluding hydrogens is 292 g/mol. The molecule has 1 aliphatic heterocycles. The van der Waals surface area contributed by atoms with Crippen molar-refractivity contribution in [3.8, 4) is 0 Å². The fraction of sp³-hybridized carbons (Fsp3) is 0.556. The number of hydrogen-bond acceptors (Lipinski definition) is 3. The van der Waals surface area contributed by atoms with Crippen molar-refractivity contribution >= 4 is 23.3 Å². The molecule has 122 valence electrons. The molecule has 23 heavy (non-hydrogen) atoms. The predicted octanol–water partition coefficient (Wildman–Crippen LogP) is 3.11. The van der Waals surface area contributed by atoms with Gasteiger partial charge in [-0.25, -0.2) is 4.79 Å². The molecule has 1 saturated heterocycles. The fourth-order valence-electron chi connectivity index (χ4n) is 3.87. The van der Waals surface area contributed by atoms with Crippen LogP contribution in [0.1, 0.15) is 48.9 Å². The Labute approximate surface area is 135 Å². The number of nitrogens with one attached hydrogen (secondary N) is 1. The molecule has 0 radical (unpaired) electrons. The highest BCUT2D eigenvalue weighted by atomic mass is 16.4. The predicted molar refractivity (Wildman–Crippen MR) is 87.9 cm³/mol. The summed E-state index contributed by atoms with van der Waals surface area (Å²) in [5, 5.41) is 12.4. The van der Waals surface area contributed by atoms with Gasteiger partial charge in [-0.2, -0.15) is 0 Å². The number of amides is 1. The lowest BCUT2D eigenvalue weighted by atomic mass is 9.68. The summed E-state index contributed by atoms with van der Waals surface area (Å²) in [6.07, 6.45) is 6.86. The third-order valence-corrected chi connectivity index (χ3v) is 5.64. The molecule has 0 bridgehead atoms. The maximum atomic E-state index is 11.9. The molecule has 5 nitrogen and oxygen atoms in total. The standard InChI is InChI=1S/C18H22N2O3/c21-16(12-2-3-12)19-13-4-5-14(17(22)23)15(10-13)20-9-8-18(11-20)6-1-7-18/h4-5,10,12H,1-3,6-9,11H2,(H,19,21)(H,22,23). The molecule has 1 spiro atoms. The van der Waals surface area contributed by atoms with Crippen molar-refractivity contribution in [2.75, 3.05) is 23.3 Å². The van der Waals surface area contributed by atoms with E-state index in [4.69, 9.17) is 0 Å². The van der Waals surface area contributed by atoms with Crippen molar-refractivity contribution in [3.05, 3.63) is 23.8 Å². The van der Waals surface area contributed by atoms with E-state index in [2.05, 4.69) is 10.2 Å². The topological polar surface area (TPSA) is 69.6 Å². The molecule has 0 aromatic heterocycles. The average molecular weight is 314 g/mol. The number of carbonyl (C=O) groups excluding carboxylic acids is 1. The second-order valence-corrected chi connectivity index (χ2v) is 7.33. The van der Waals surface area contributed by atoms with Crippen LogP contribution in [0.15, 0.2) is 18.2 Å². The van der Waals surface area contributed by atoms with Crippen LogP contribution < -0.4 is 10.2 Å². The van der Waals surface area contributed by atoms with Gasteiger partial charge in [0.2, 0.25) is 5.91 Å². The maximum absolute atomic E-state index is 11.9. The quantitative estimate of drug-likeness (QED) is 0.896. The summed E-state index contributed by atoms with van der Waals surface area (Å²) >= 11 is 0. The molecule has 1 heterocycles. The minimum atomic E-state index is -0.908. The van der Waals surface area contributed by atoms with Crippen LogP contribution in [-0.4, -0.2) is 30.1 Å². The van der Waals surface area contributed by atoms with Gasteiger partial charge in [-0.05, 0) is 55.7 Å². The summed E-state index contributed by atoms with van der Waals surface area (Å²) in [4.78, 5) is 25.7. The van der Waals surface area contributed by atoms with E-state index >= 15 is 0 Å². The Balaban J connectivity index is 1.59. The number of aromatic carboxylic acids is 1. The lowest BCUT2D eigenvalue weighted by Crippen LogP contribution is -2.33. The zero-order valence-electron chi connectivity index (χ0n) is 13.2. The number of carbonyl (C=O) groups is 2. The largest absolute Gasteiger partial charge is 0.478 e. The van der Waals surface area contributed by atoms with Gasteiger partial charge in [0, 0.05) is 24.7 Å². The molecule has 5 heteroatoms. The van der Waals surface area contributed by atoms with E-state index in [1.165, 1.54) is 19.3 Å². The first-order chi connectivity index (χ1) is 11.1. The minimum absolute atomic E-state index is 0.0518. The third-order valence-electron chi connectivity index (χ3n) is 5.64. The fourth-order valence-corrected chi connectivity index (χ4v) is 3.87. The van der Waals surface area contributed by atoms with Gasteiger partial charge in [-0.1, -0.05) is 6.42 Å². The normalized spacial score (nSPS) is 22.0. The first kappa shape index (κ1) is 14.5. The van der Waals surface area contributed by atoms with E-state index in [0.29, 0.717) is 16.7 Å². The van der Waals surface area contributed by atoms with Gasteiger partial charge in [-0.3, -0.25) is 4.79 Å². The van der Waals surface area contributed by atoms with Crippen LogP contribution >= 0.6 is 0 Å². The Kier molecular flexibility index (Phi) is 3.32. The zero-order chi connectivity index (χ0) is 16.0. The number of benzene rings is 1. The van der Waals surface area contributed by atoms with Crippen molar-refractivity contribution < 1.29 is 14.7 Å². The monoisotopic (exact) mass is 314 g/mol. The SMILES string of the molecule is O=C(O)c1ccc(NC(=O)C2CC2)cc1N1CCC2(CCC2)C1. The van der Waals surface area contributed by atoms with Crippen LogP contribution in [0.3, 0.4) is 0 Å². The number of carboxylic acid groups (broad SMARTS) is 1. The first-order valence-corrected chi connectivity index (χ1v) is 8.50. The molecular formula is C18H22N2O3. The van der Waals surface area contributed by atoms with E-state index in [1.54, 1.807) is 12.1 Å². The number of rotatable bonds is 4. The average Bonchev–Trinajstić information content (AvgIpc) is 3.24. The minimum Gasteiger partial charge on any atom is -0.478 e. The smallest absolute Gasteiger partial charge is 0.337 e. The van der Waals surface area contributed by atoms with E-state index < -0.39 is 5.97 Å². The second kappa shape index (κ2) is 5.25. The van der Waals surface area contributed by atoms with Crippen molar-refractivity contribution in [1.82, 2.24) is 0 Å². The summed E-state index contributed by atoms with van der Waals surface area (Å²) in [5.41, 5.74) is 2.18. The molecule has 3 fully saturated rings. The Morgan fingerprint density at radius 1 is 1.22 bits per heavy atom. The molecule has 1 aromatic carbocycles. The van der Waals surface area contributed by atoms with Crippen LogP contribution in [0.4, 0.5) is 11.4 Å². The van der Waals surface area contributed by atoms with Gasteiger partial charge in [0.1, 0.15) is 0 Å². The molecule has 1 amide bonds. The summed E-state index contributed by atoms with van der Waals surface area (Å²) in [6, 6.07) is 5.15. The number of anilines is 2. The van der Waals surface area contributed by atoms with Gasteiger partial charge in [0.15, 0.2) is 0 Å². The van der Waals surface area contributed by atoms with E-state index in [-0.39, 0.29) is 11.8 Å². The van der Waals surface area contributed by atoms with E-state index in [0.717, 1.165) is 38.0 Å². The van der Waals surface area contributed by atoms with Crippen LogP contribution in [-0.2, 0) is 4.79 Å². The highest BCUT2D eigenvalue weighted by Gasteiger charge is 2.43. The van der Waals surface area contributed by atoms with Crippen LogP contribution in [0, 0.1) is 11.3 Å². The van der Waals surface area contributed by atoms with Crippen molar-refractivity contribution in [2.24, 2.45) is 11.3 Å². The van der Waals surface area contributed by atoms with Crippen molar-refractivity contribution in [2.45, 2.75) is 38.5 Å². The number of hydrogen-bond donors (Lipinski definition) is 2. The Bertz CT molecular complexity index is 662. The molecule has 2 N–H and O–H groups in total. The lowest BCUT2D eigenvalue weighted by Gasteiger charge is -2.38. The van der Waals surface area contributed by atoms with Gasteiger partial charge in [0.25, 0.3) is 0 Å². The zero-order valence-corrected chi connectivity index (χ0v) is 13.2. The Morgan fingerprint density at radius 3 is 2.57 bits per heavy atom. The summed E-state index contributed by atoms with van der Waals surface area (Å²) in [7, 11) is 0. The molecule has 0 atom stereocenters. The molecule has 0 unspecified atom stereocenters. The molecule has 1 aromatic rings. The first-order valence-electron chi connectivity index (χ1n) is 8.50. The van der Waals surface area contributed by atoms with Gasteiger partial charge in [-0.15, -0.1) is 0 Å². The van der Waals surface area contributed by atoms with Gasteiger partial charge >= 0.3 is 5.97 Å². The van der Waals surface area contributed by atoms with Crippen molar-refractivity contribution in [1.29, 1.82) is 0 Å². The number of carboxylic acids is 1. The maximum Gasteiger partial charge on any atom is 0.337 e. The number of nitrogens with zero attached hydrogens (tertiary/aromatic N) is 1. The molecule has 3 aliphatic rings. The van der Waals surface area contributed by atoms with Gasteiger partial charge < -0.3 is 15.3 Å². The van der Waals surface area contributed by atoms with Crippen LogP contribution in [0.25, 0.3) is 0 Å². The highest BCUT2D eigenvalue weighted by molar-refractivity contribution is 5.98. The van der Waals surface area contributed by atoms with Crippen LogP contribution in [0.2, 0.25) is 0 Å². The second-order valence-electron chi connectivity index (χ2n) is 7.33. The van der Waals surface area contributed by atoms with Crippen molar-refractivity contribution in [3.63, 3.8) is 0 Å². The molecule has 2 aliphatic carbocycles. The molecule has 4 rings (SSSR count). The summed E-state index contributed by atoms with van der Waals surface area (Å²) < 4.78 is 0. The Hall–Kier alpha value is -2.04. The lowest BCUT2D eigenvalue weighted by molar-refractivity contribution is -0.117.